The zero-order chi connectivity index (χ0) is 14.0. The number of pyridine rings is 1. The van der Waals surface area contributed by atoms with Gasteiger partial charge in [0.1, 0.15) is 15.7 Å². The smallest absolute Gasteiger partial charge is 0.105 e. The summed E-state index contributed by atoms with van der Waals surface area (Å²) in [4.78, 5) is 4.69. The van der Waals surface area contributed by atoms with Gasteiger partial charge in [-0.05, 0) is 17.5 Å². The summed E-state index contributed by atoms with van der Waals surface area (Å²) < 4.78 is 0. The first-order valence-electron chi connectivity index (χ1n) is 7.70. The normalized spacial score (nSPS) is 16.4. The minimum Gasteiger partial charge on any atom is -0.256 e. The summed E-state index contributed by atoms with van der Waals surface area (Å²) >= 11 is 0. The van der Waals surface area contributed by atoms with Crippen molar-refractivity contribution < 1.29 is 0 Å². The SMILES string of the molecule is BC(B)(c1ccc(-c2ccccc2)nc1)C1CCCC1. The second-order valence-corrected chi connectivity index (χ2v) is 6.50. The van der Waals surface area contributed by atoms with E-state index in [1.54, 1.807) is 0 Å². The summed E-state index contributed by atoms with van der Waals surface area (Å²) in [6.07, 6.45) is 7.61. The van der Waals surface area contributed by atoms with Gasteiger partial charge in [-0.15, -0.1) is 0 Å². The predicted octanol–water partition coefficient (Wildman–Crippen LogP) is 2.36. The van der Waals surface area contributed by atoms with E-state index in [1.165, 1.54) is 36.8 Å². The van der Waals surface area contributed by atoms with Crippen LogP contribution in [0.25, 0.3) is 11.3 Å². The van der Waals surface area contributed by atoms with Crippen molar-refractivity contribution in [2.75, 3.05) is 0 Å². The van der Waals surface area contributed by atoms with Crippen LogP contribution in [0.4, 0.5) is 0 Å². The van der Waals surface area contributed by atoms with Crippen LogP contribution in [0.3, 0.4) is 0 Å². The molecular formula is C17H21B2N. The minimum atomic E-state index is 0.249. The van der Waals surface area contributed by atoms with E-state index in [4.69, 9.17) is 0 Å². The zero-order valence-electron chi connectivity index (χ0n) is 12.5. The first kappa shape index (κ1) is 13.5. The molecule has 0 atom stereocenters. The van der Waals surface area contributed by atoms with Gasteiger partial charge in [-0.2, -0.15) is 0 Å². The summed E-state index contributed by atoms with van der Waals surface area (Å²) in [7, 11) is 4.75. The van der Waals surface area contributed by atoms with E-state index >= 15 is 0 Å². The van der Waals surface area contributed by atoms with E-state index in [9.17, 15) is 0 Å². The molecule has 2 aromatic rings. The number of aromatic nitrogens is 1. The van der Waals surface area contributed by atoms with E-state index in [-0.39, 0.29) is 5.21 Å². The molecule has 20 heavy (non-hydrogen) atoms. The second kappa shape index (κ2) is 5.47. The van der Waals surface area contributed by atoms with Crippen molar-refractivity contribution in [3.8, 4) is 11.3 Å². The van der Waals surface area contributed by atoms with Gasteiger partial charge in [0, 0.05) is 11.8 Å². The molecule has 1 aromatic heterocycles. The van der Waals surface area contributed by atoms with E-state index in [1.807, 2.05) is 6.07 Å². The highest BCUT2D eigenvalue weighted by Crippen LogP contribution is 2.38. The summed E-state index contributed by atoms with van der Waals surface area (Å²) in [5.41, 5.74) is 3.64. The Bertz CT molecular complexity index is 557. The molecular weight excluding hydrogens is 240 g/mol. The van der Waals surface area contributed by atoms with Crippen LogP contribution in [0.1, 0.15) is 31.2 Å². The number of hydrogen-bond acceptors (Lipinski definition) is 1. The number of rotatable bonds is 3. The molecule has 0 radical (unpaired) electrons. The van der Waals surface area contributed by atoms with Gasteiger partial charge >= 0.3 is 0 Å². The van der Waals surface area contributed by atoms with Gasteiger partial charge < -0.3 is 0 Å². The van der Waals surface area contributed by atoms with E-state index in [0.29, 0.717) is 0 Å². The average molecular weight is 261 g/mol. The lowest BCUT2D eigenvalue weighted by molar-refractivity contribution is 0.485. The van der Waals surface area contributed by atoms with Gasteiger partial charge in [0.2, 0.25) is 0 Å². The molecule has 0 saturated heterocycles. The number of benzene rings is 1. The Kier molecular flexibility index (Phi) is 3.69. The molecule has 0 aliphatic heterocycles. The Morgan fingerprint density at radius 1 is 0.950 bits per heavy atom. The molecule has 1 aromatic carbocycles. The van der Waals surface area contributed by atoms with Crippen molar-refractivity contribution >= 4 is 15.7 Å². The van der Waals surface area contributed by atoms with Gasteiger partial charge in [-0.3, -0.25) is 4.98 Å². The number of nitrogens with zero attached hydrogens (tertiary/aromatic N) is 1. The van der Waals surface area contributed by atoms with E-state index in [0.717, 1.165) is 11.6 Å². The third kappa shape index (κ3) is 2.54. The lowest BCUT2D eigenvalue weighted by atomic mass is 9.45. The second-order valence-electron chi connectivity index (χ2n) is 6.50. The molecule has 0 spiro atoms. The van der Waals surface area contributed by atoms with Crippen LogP contribution in [0.5, 0.6) is 0 Å². The molecule has 0 unspecified atom stereocenters. The quantitative estimate of drug-likeness (QED) is 0.773. The number of hydrogen-bond donors (Lipinski definition) is 0. The maximum Gasteiger partial charge on any atom is 0.105 e. The van der Waals surface area contributed by atoms with Crippen LogP contribution in [0.2, 0.25) is 0 Å². The van der Waals surface area contributed by atoms with Crippen molar-refractivity contribution in [3.63, 3.8) is 0 Å². The van der Waals surface area contributed by atoms with Crippen LogP contribution >= 0.6 is 0 Å². The van der Waals surface area contributed by atoms with Crippen LogP contribution < -0.4 is 0 Å². The molecule has 0 bridgehead atoms. The third-order valence-corrected chi connectivity index (χ3v) is 4.95. The Morgan fingerprint density at radius 3 is 2.25 bits per heavy atom. The molecule has 3 rings (SSSR count). The highest BCUT2D eigenvalue weighted by molar-refractivity contribution is 6.40. The summed E-state index contributed by atoms with van der Waals surface area (Å²) in [5.74, 6) is 0.812. The largest absolute Gasteiger partial charge is 0.256 e. The monoisotopic (exact) mass is 261 g/mol. The first-order valence-corrected chi connectivity index (χ1v) is 7.70. The molecule has 1 fully saturated rings. The average Bonchev–Trinajstić information content (AvgIpc) is 3.03. The first-order chi connectivity index (χ1) is 9.68. The molecule has 0 N–H and O–H groups in total. The summed E-state index contributed by atoms with van der Waals surface area (Å²) in [6, 6.07) is 14.8. The highest BCUT2D eigenvalue weighted by Gasteiger charge is 2.33. The molecule has 0 amide bonds. The van der Waals surface area contributed by atoms with Crippen molar-refractivity contribution in [3.05, 3.63) is 54.2 Å². The maximum atomic E-state index is 4.69. The predicted molar refractivity (Wildman–Crippen MR) is 90.4 cm³/mol. The van der Waals surface area contributed by atoms with Gasteiger partial charge in [-0.1, -0.05) is 67.3 Å². The minimum absolute atomic E-state index is 0.249. The van der Waals surface area contributed by atoms with E-state index in [2.05, 4.69) is 63.3 Å². The standard InChI is InChI=1S/C17H21B2N/c18-17(19,14-8-4-5-9-14)15-10-11-16(20-12-15)13-6-2-1-3-7-13/h1-3,6-7,10-12,14H,4-5,8-9,18-19H2. The lowest BCUT2D eigenvalue weighted by Crippen LogP contribution is -2.35. The fourth-order valence-electron chi connectivity index (χ4n) is 3.44. The van der Waals surface area contributed by atoms with Crippen LogP contribution in [0.15, 0.2) is 48.7 Å². The molecule has 100 valence electrons. The third-order valence-electron chi connectivity index (χ3n) is 4.95. The lowest BCUT2D eigenvalue weighted by Gasteiger charge is -2.32. The van der Waals surface area contributed by atoms with Crippen molar-refractivity contribution in [2.24, 2.45) is 5.92 Å². The van der Waals surface area contributed by atoms with Crippen molar-refractivity contribution in [1.29, 1.82) is 0 Å². The Morgan fingerprint density at radius 2 is 1.65 bits per heavy atom. The molecule has 1 heterocycles. The Hall–Kier alpha value is -1.50. The van der Waals surface area contributed by atoms with Crippen molar-refractivity contribution in [1.82, 2.24) is 4.98 Å². The zero-order valence-corrected chi connectivity index (χ0v) is 12.5. The van der Waals surface area contributed by atoms with Crippen LogP contribution in [-0.4, -0.2) is 20.7 Å². The fourth-order valence-corrected chi connectivity index (χ4v) is 3.44. The Labute approximate surface area is 123 Å². The molecule has 1 saturated carbocycles. The topological polar surface area (TPSA) is 12.9 Å². The van der Waals surface area contributed by atoms with Crippen molar-refractivity contribution in [2.45, 2.75) is 30.9 Å². The highest BCUT2D eigenvalue weighted by atomic mass is 14.7. The summed E-state index contributed by atoms with van der Waals surface area (Å²) in [5, 5.41) is 0.249. The van der Waals surface area contributed by atoms with Gasteiger partial charge in [0.15, 0.2) is 0 Å². The Balaban J connectivity index is 1.86. The fraction of sp³-hybridized carbons (Fsp3) is 0.353. The summed E-state index contributed by atoms with van der Waals surface area (Å²) in [6.45, 7) is 0. The van der Waals surface area contributed by atoms with Crippen LogP contribution in [0, 0.1) is 5.92 Å². The van der Waals surface area contributed by atoms with E-state index < -0.39 is 0 Å². The van der Waals surface area contributed by atoms with Gasteiger partial charge in [-0.25, -0.2) is 0 Å². The van der Waals surface area contributed by atoms with Crippen LogP contribution in [-0.2, 0) is 5.21 Å². The molecule has 1 aliphatic rings. The molecule has 3 heteroatoms. The molecule has 1 nitrogen and oxygen atoms in total. The molecule has 1 aliphatic carbocycles. The van der Waals surface area contributed by atoms with Gasteiger partial charge in [0.05, 0.1) is 5.69 Å². The maximum absolute atomic E-state index is 4.69. The van der Waals surface area contributed by atoms with Gasteiger partial charge in [0.25, 0.3) is 0 Å².